The standard InChI is InChI=1S/C19H17F2N3O2.C17H21BFN3O3.C8H8BrFO.C7H6BrFO/c1-26-10-14-12(3-2-4-15(14)20)11-5-6-18-22-17(9-24(18)8-11)23-19(25)13-7-16(13)21;1-16(2)17(3,4)25-18(24-16)10-5-6-14-20-13(9-22(14)8-10)21-15(23)11-7-12(11)19;1-11-5-6-7(9)3-2-4-8(6)10;8-6-2-1-3-7(9)5(6)4-10/h2-6,8-9,13,16H,7,10H2,1H3,(H,23,25);5-6,8-9,11-12H,7H2,1-4H3,(H,21,23);2-4H,5H2,1H3;1-3,10H,4H2/t13-,16+;11-,12+;;/m11../s1. The Labute approximate surface area is 429 Å². The van der Waals surface area contributed by atoms with Gasteiger partial charge in [-0.15, -0.1) is 0 Å². The van der Waals surface area contributed by atoms with Gasteiger partial charge in [0.1, 0.15) is 41.1 Å². The van der Waals surface area contributed by atoms with Gasteiger partial charge >= 0.3 is 7.12 Å². The molecule has 7 aromatic rings. The van der Waals surface area contributed by atoms with Crippen LogP contribution in [0, 0.1) is 29.3 Å². The second kappa shape index (κ2) is 23.1. The Bertz CT molecular complexity index is 3010. The summed E-state index contributed by atoms with van der Waals surface area (Å²) in [4.78, 5) is 32.3. The number of fused-ring (bicyclic) bond motifs is 2. The van der Waals surface area contributed by atoms with Gasteiger partial charge in [0.05, 0.1) is 55.3 Å². The van der Waals surface area contributed by atoms with Gasteiger partial charge in [-0.1, -0.05) is 62.2 Å². The van der Waals surface area contributed by atoms with Gasteiger partial charge in [-0.05, 0) is 106 Å². The molecule has 21 heteroatoms. The van der Waals surface area contributed by atoms with E-state index in [-0.39, 0.29) is 48.9 Å². The maximum absolute atomic E-state index is 14.1. The lowest BCUT2D eigenvalue weighted by atomic mass is 9.80. The maximum Gasteiger partial charge on any atom is 0.496 e. The predicted octanol–water partition coefficient (Wildman–Crippen LogP) is 10.3. The molecule has 72 heavy (non-hydrogen) atoms. The number of alkyl halides is 2. The van der Waals surface area contributed by atoms with Crippen LogP contribution in [0.25, 0.3) is 22.4 Å². The van der Waals surface area contributed by atoms with Gasteiger partial charge in [-0.25, -0.2) is 31.9 Å². The van der Waals surface area contributed by atoms with Gasteiger partial charge < -0.3 is 43.3 Å². The molecule has 2 amide bonds. The number of halogens is 7. The number of carbonyl (C=O) groups excluding carboxylic acids is 2. The SMILES string of the molecule is CC1(C)OB(c2ccc3nc(NC(=O)[C@@H]4C[C@@H]4F)cn3c2)OC1(C)C.COCc1c(F)cccc1-c1ccc2nc(NC(=O)[C@@H]3C[C@@H]3F)cn2c1.COCc1c(F)cccc1Br.OCc1c(F)cccc1Br. The summed E-state index contributed by atoms with van der Waals surface area (Å²) in [5.41, 5.74) is 4.23. The Morgan fingerprint density at radius 1 is 0.681 bits per heavy atom. The Balaban J connectivity index is 0.000000153. The van der Waals surface area contributed by atoms with E-state index in [9.17, 15) is 31.5 Å². The molecule has 1 saturated heterocycles. The number of pyridine rings is 2. The summed E-state index contributed by atoms with van der Waals surface area (Å²) in [6.07, 6.45) is 5.53. The number of benzene rings is 3. The number of rotatable bonds is 11. The van der Waals surface area contributed by atoms with Crippen molar-refractivity contribution < 1.29 is 55.4 Å². The fraction of sp³-hybridized carbons (Fsp3) is 0.333. The molecule has 10 rings (SSSR count). The van der Waals surface area contributed by atoms with Crippen LogP contribution in [0.5, 0.6) is 0 Å². The van der Waals surface area contributed by atoms with Crippen LogP contribution in [0.15, 0.2) is 113 Å². The molecule has 3 aliphatic rings. The number of anilines is 2. The molecule has 1 aliphatic heterocycles. The summed E-state index contributed by atoms with van der Waals surface area (Å²) in [5, 5.41) is 13.9. The second-order valence-electron chi connectivity index (χ2n) is 18.1. The zero-order valence-electron chi connectivity index (χ0n) is 40.1. The lowest BCUT2D eigenvalue weighted by Crippen LogP contribution is -2.41. The average Bonchev–Trinajstić information content (AvgIpc) is 4.12. The van der Waals surface area contributed by atoms with Gasteiger partial charge in [0, 0.05) is 52.2 Å². The lowest BCUT2D eigenvalue weighted by molar-refractivity contribution is -0.118. The van der Waals surface area contributed by atoms with Gasteiger partial charge in [0.25, 0.3) is 0 Å². The van der Waals surface area contributed by atoms with Crippen LogP contribution in [0.1, 0.15) is 57.2 Å². The molecule has 0 radical (unpaired) electrons. The number of nitrogens with zero attached hydrogens (tertiary/aromatic N) is 4. The monoisotopic (exact) mass is 1120 g/mol. The smallest absolute Gasteiger partial charge is 0.399 e. The minimum Gasteiger partial charge on any atom is -0.399 e. The first-order valence-corrected chi connectivity index (χ1v) is 24.3. The van der Waals surface area contributed by atoms with Crippen molar-refractivity contribution in [3.8, 4) is 11.1 Å². The van der Waals surface area contributed by atoms with Crippen LogP contribution >= 0.6 is 31.9 Å². The molecule has 380 valence electrons. The maximum atomic E-state index is 14.1. The van der Waals surface area contributed by atoms with Crippen LogP contribution in [0.3, 0.4) is 0 Å². The van der Waals surface area contributed by atoms with Crippen molar-refractivity contribution in [2.75, 3.05) is 24.9 Å². The number of aliphatic hydroxyl groups is 1. The molecule has 13 nitrogen and oxygen atoms in total. The number of hydrogen-bond donors (Lipinski definition) is 3. The van der Waals surface area contributed by atoms with Crippen LogP contribution in [0.2, 0.25) is 0 Å². The molecule has 4 atom stereocenters. The summed E-state index contributed by atoms with van der Waals surface area (Å²) >= 11 is 6.34. The van der Waals surface area contributed by atoms with E-state index in [0.717, 1.165) is 21.1 Å². The van der Waals surface area contributed by atoms with Gasteiger partial charge in [0.2, 0.25) is 11.8 Å². The third-order valence-corrected chi connectivity index (χ3v) is 13.8. The summed E-state index contributed by atoms with van der Waals surface area (Å²) in [5.74, 6) is -1.94. The Morgan fingerprint density at radius 2 is 1.12 bits per heavy atom. The van der Waals surface area contributed by atoms with E-state index in [4.69, 9.17) is 23.9 Å². The van der Waals surface area contributed by atoms with Gasteiger partial charge in [-0.2, -0.15) is 0 Å². The van der Waals surface area contributed by atoms with E-state index in [0.29, 0.717) is 57.1 Å². The highest BCUT2D eigenvalue weighted by Crippen LogP contribution is 2.38. The molecule has 0 spiro atoms. The highest BCUT2D eigenvalue weighted by Gasteiger charge is 2.52. The molecule has 3 fully saturated rings. The van der Waals surface area contributed by atoms with E-state index in [2.05, 4.69) is 52.5 Å². The zero-order chi connectivity index (χ0) is 52.1. The normalized spacial score (nSPS) is 19.1. The van der Waals surface area contributed by atoms with Crippen molar-refractivity contribution in [3.63, 3.8) is 0 Å². The van der Waals surface area contributed by atoms with E-state index in [1.165, 1.54) is 25.3 Å². The summed E-state index contributed by atoms with van der Waals surface area (Å²) in [6.45, 7) is 8.22. The van der Waals surface area contributed by atoms with E-state index in [1.54, 1.807) is 70.9 Å². The number of carbonyl (C=O) groups is 2. The van der Waals surface area contributed by atoms with Crippen molar-refractivity contribution in [3.05, 3.63) is 147 Å². The predicted molar refractivity (Wildman–Crippen MR) is 270 cm³/mol. The van der Waals surface area contributed by atoms with Crippen molar-refractivity contribution in [1.82, 2.24) is 18.8 Å². The molecule has 3 aromatic carbocycles. The third kappa shape index (κ3) is 13.0. The zero-order valence-corrected chi connectivity index (χ0v) is 43.2. The fourth-order valence-corrected chi connectivity index (χ4v) is 8.25. The van der Waals surface area contributed by atoms with Crippen LogP contribution in [0.4, 0.5) is 33.6 Å². The van der Waals surface area contributed by atoms with Crippen LogP contribution in [-0.4, -0.2) is 80.6 Å². The number of ether oxygens (including phenoxy) is 2. The first-order valence-electron chi connectivity index (χ1n) is 22.7. The summed E-state index contributed by atoms with van der Waals surface area (Å²) in [6, 6.07) is 21.7. The number of imidazole rings is 2. The van der Waals surface area contributed by atoms with Gasteiger partial charge in [-0.3, -0.25) is 9.59 Å². The Hall–Kier alpha value is -5.55. The second-order valence-corrected chi connectivity index (χ2v) is 19.8. The number of nitrogens with one attached hydrogen (secondary N) is 2. The fourth-order valence-electron chi connectivity index (χ4n) is 7.33. The first kappa shape index (κ1) is 54.2. The van der Waals surface area contributed by atoms with E-state index < -0.39 is 42.5 Å². The highest BCUT2D eigenvalue weighted by molar-refractivity contribution is 9.10. The van der Waals surface area contributed by atoms with Crippen molar-refractivity contribution in [1.29, 1.82) is 0 Å². The number of aromatic nitrogens is 4. The first-order chi connectivity index (χ1) is 34.2. The highest BCUT2D eigenvalue weighted by atomic mass is 79.9. The summed E-state index contributed by atoms with van der Waals surface area (Å²) < 4.78 is 92.6. The molecule has 0 unspecified atom stereocenters. The van der Waals surface area contributed by atoms with Crippen molar-refractivity contribution >= 4 is 79.2 Å². The molecule has 3 N–H and O–H groups in total. The van der Waals surface area contributed by atoms with Crippen molar-refractivity contribution in [2.24, 2.45) is 11.8 Å². The Kier molecular flexibility index (Phi) is 17.4. The molecule has 0 bridgehead atoms. The van der Waals surface area contributed by atoms with Crippen molar-refractivity contribution in [2.45, 2.75) is 83.9 Å². The number of amides is 2. The summed E-state index contributed by atoms with van der Waals surface area (Å²) in [7, 11) is 2.60. The Morgan fingerprint density at radius 3 is 1.58 bits per heavy atom. The topological polar surface area (TPSA) is 150 Å². The molecular formula is C51H52BBr2F5N6O7. The third-order valence-electron chi connectivity index (χ3n) is 12.3. The lowest BCUT2D eigenvalue weighted by Gasteiger charge is -2.32. The molecular weight excluding hydrogens is 1070 g/mol. The number of methoxy groups -OCH3 is 2. The van der Waals surface area contributed by atoms with E-state index in [1.807, 2.05) is 58.2 Å². The minimum absolute atomic E-state index is 0.164. The van der Waals surface area contributed by atoms with E-state index >= 15 is 0 Å². The van der Waals surface area contributed by atoms with Crippen LogP contribution in [-0.2, 0) is 48.2 Å². The molecule has 2 saturated carbocycles. The average molecular weight is 1130 g/mol. The van der Waals surface area contributed by atoms with Crippen LogP contribution < -0.4 is 16.1 Å². The minimum atomic E-state index is -1.05. The molecule has 5 heterocycles. The van der Waals surface area contributed by atoms with Gasteiger partial charge in [0.15, 0.2) is 11.6 Å². The largest absolute Gasteiger partial charge is 0.496 e. The molecule has 4 aromatic heterocycles. The quantitative estimate of drug-likeness (QED) is 0.0850. The number of hydrogen-bond acceptors (Lipinski definition) is 9. The number of aliphatic hydroxyl groups excluding tert-OH is 1. The molecule has 2 aliphatic carbocycles.